The molecular weight excluding hydrogens is 140 g/mol. The lowest BCUT2D eigenvalue weighted by Gasteiger charge is -1.81. The van der Waals surface area contributed by atoms with E-state index in [0.717, 1.165) is 6.42 Å². The molecule has 0 amide bonds. The second kappa shape index (κ2) is 4.31. The van der Waals surface area contributed by atoms with Crippen molar-refractivity contribution < 1.29 is 9.84 Å². The average molecular weight is 154 g/mol. The van der Waals surface area contributed by atoms with Crippen LogP contribution in [0.1, 0.15) is 13.3 Å². The van der Waals surface area contributed by atoms with Crippen molar-refractivity contribution in [3.8, 4) is 0 Å². The average Bonchev–Trinajstić information content (AvgIpc) is 2.76. The first kappa shape index (κ1) is 8.50. The maximum absolute atomic E-state index is 8.45. The van der Waals surface area contributed by atoms with Crippen LogP contribution in [0.2, 0.25) is 0 Å². The van der Waals surface area contributed by atoms with Gasteiger partial charge in [0.2, 0.25) is 0 Å². The molecule has 2 heteroatoms. The number of hydrogen-bond acceptors (Lipinski definition) is 2. The largest absolute Gasteiger partial charge is 0.392 e. The van der Waals surface area contributed by atoms with Crippen LogP contribution in [0.3, 0.4) is 0 Å². The molecule has 0 unspecified atom stereocenters. The summed E-state index contributed by atoms with van der Waals surface area (Å²) in [5.41, 5.74) is 0. The van der Waals surface area contributed by atoms with E-state index in [1.54, 1.807) is 6.08 Å². The molecule has 1 aliphatic heterocycles. The number of aliphatic hydroxyl groups excluding tert-OH is 1. The van der Waals surface area contributed by atoms with Crippen molar-refractivity contribution in [2.24, 2.45) is 0 Å². The second-order valence-corrected chi connectivity index (χ2v) is 2.55. The van der Waals surface area contributed by atoms with Crippen molar-refractivity contribution in [1.82, 2.24) is 0 Å². The lowest BCUT2D eigenvalue weighted by Crippen LogP contribution is -1.87. The Morgan fingerprint density at radius 3 is 2.91 bits per heavy atom. The van der Waals surface area contributed by atoms with Gasteiger partial charge in [-0.25, -0.2) is 0 Å². The highest BCUT2D eigenvalue weighted by Crippen LogP contribution is 2.26. The molecule has 0 aromatic heterocycles. The summed E-state index contributed by atoms with van der Waals surface area (Å²) in [5.74, 6) is 0. The molecule has 0 aliphatic carbocycles. The van der Waals surface area contributed by atoms with Gasteiger partial charge in [0.25, 0.3) is 0 Å². The molecular formula is C9H14O2. The number of aliphatic hydroxyl groups is 1. The van der Waals surface area contributed by atoms with E-state index < -0.39 is 0 Å². The fourth-order valence-corrected chi connectivity index (χ4v) is 0.981. The molecule has 0 radical (unpaired) electrons. The molecule has 1 rings (SSSR count). The Bertz CT molecular complexity index is 161. The quantitative estimate of drug-likeness (QED) is 0.488. The molecule has 0 bridgehead atoms. The molecule has 1 N–H and O–H groups in total. The first-order valence-electron chi connectivity index (χ1n) is 3.92. The molecule has 2 nitrogen and oxygen atoms in total. The maximum atomic E-state index is 8.45. The van der Waals surface area contributed by atoms with Gasteiger partial charge in [-0.05, 0) is 13.3 Å². The van der Waals surface area contributed by atoms with Gasteiger partial charge >= 0.3 is 0 Å². The zero-order valence-corrected chi connectivity index (χ0v) is 6.73. The third-order valence-corrected chi connectivity index (χ3v) is 1.66. The topological polar surface area (TPSA) is 32.8 Å². The molecule has 1 fully saturated rings. The summed E-state index contributed by atoms with van der Waals surface area (Å²) < 4.78 is 5.27. The van der Waals surface area contributed by atoms with E-state index in [1.165, 1.54) is 0 Å². The second-order valence-electron chi connectivity index (χ2n) is 2.55. The molecule has 1 saturated heterocycles. The number of epoxide rings is 1. The number of ether oxygens (including phenoxy) is 1. The monoisotopic (exact) mass is 154 g/mol. The standard InChI is InChI=1S/C9H14O2/c1-2-3-5-8-9(11-8)6-4-7-10/h2-4,6,8-10H,5,7H2,1H3/b3-2+,6-4+/t8-,9-/m0/s1. The first-order valence-corrected chi connectivity index (χ1v) is 3.92. The molecule has 11 heavy (non-hydrogen) atoms. The Morgan fingerprint density at radius 2 is 2.27 bits per heavy atom. The summed E-state index contributed by atoms with van der Waals surface area (Å²) in [7, 11) is 0. The van der Waals surface area contributed by atoms with Gasteiger partial charge in [0, 0.05) is 0 Å². The van der Waals surface area contributed by atoms with Crippen molar-refractivity contribution in [3.63, 3.8) is 0 Å². The van der Waals surface area contributed by atoms with Crippen LogP contribution in [-0.4, -0.2) is 23.9 Å². The number of allylic oxidation sites excluding steroid dienone is 1. The van der Waals surface area contributed by atoms with E-state index in [4.69, 9.17) is 9.84 Å². The number of hydrogen-bond donors (Lipinski definition) is 1. The highest BCUT2D eigenvalue weighted by atomic mass is 16.6. The molecule has 62 valence electrons. The number of rotatable bonds is 4. The highest BCUT2D eigenvalue weighted by molar-refractivity contribution is 5.04. The fraction of sp³-hybridized carbons (Fsp3) is 0.556. The van der Waals surface area contributed by atoms with Crippen LogP contribution in [0, 0.1) is 0 Å². The summed E-state index contributed by atoms with van der Waals surface area (Å²) in [5, 5.41) is 8.45. The van der Waals surface area contributed by atoms with Crippen molar-refractivity contribution in [1.29, 1.82) is 0 Å². The van der Waals surface area contributed by atoms with Crippen LogP contribution in [0.5, 0.6) is 0 Å². The van der Waals surface area contributed by atoms with Crippen LogP contribution >= 0.6 is 0 Å². The lowest BCUT2D eigenvalue weighted by atomic mass is 10.2. The van der Waals surface area contributed by atoms with Crippen LogP contribution in [0.25, 0.3) is 0 Å². The van der Waals surface area contributed by atoms with Crippen molar-refractivity contribution in [2.45, 2.75) is 25.6 Å². The molecule has 0 aromatic rings. The lowest BCUT2D eigenvalue weighted by molar-refractivity contribution is 0.341. The van der Waals surface area contributed by atoms with Gasteiger partial charge in [-0.2, -0.15) is 0 Å². The third-order valence-electron chi connectivity index (χ3n) is 1.66. The Morgan fingerprint density at radius 1 is 1.45 bits per heavy atom. The minimum Gasteiger partial charge on any atom is -0.392 e. The third kappa shape index (κ3) is 2.87. The van der Waals surface area contributed by atoms with E-state index in [0.29, 0.717) is 6.10 Å². The summed E-state index contributed by atoms with van der Waals surface area (Å²) in [6.45, 7) is 2.11. The molecule has 1 heterocycles. The van der Waals surface area contributed by atoms with Crippen LogP contribution in [-0.2, 0) is 4.74 Å². The normalized spacial score (nSPS) is 30.4. The summed E-state index contributed by atoms with van der Waals surface area (Å²) >= 11 is 0. The minimum absolute atomic E-state index is 0.107. The van der Waals surface area contributed by atoms with E-state index >= 15 is 0 Å². The van der Waals surface area contributed by atoms with Crippen molar-refractivity contribution in [2.75, 3.05) is 6.61 Å². The van der Waals surface area contributed by atoms with Gasteiger partial charge < -0.3 is 9.84 Å². The maximum Gasteiger partial charge on any atom is 0.103 e. The van der Waals surface area contributed by atoms with E-state index in [-0.39, 0.29) is 12.7 Å². The van der Waals surface area contributed by atoms with Gasteiger partial charge in [-0.1, -0.05) is 24.3 Å². The Kier molecular flexibility index (Phi) is 3.33. The van der Waals surface area contributed by atoms with Crippen LogP contribution < -0.4 is 0 Å². The molecule has 0 spiro atoms. The van der Waals surface area contributed by atoms with Gasteiger partial charge in [0.1, 0.15) is 6.10 Å². The zero-order chi connectivity index (χ0) is 8.10. The van der Waals surface area contributed by atoms with Gasteiger partial charge in [0.15, 0.2) is 0 Å². The van der Waals surface area contributed by atoms with Gasteiger partial charge in [-0.3, -0.25) is 0 Å². The Balaban J connectivity index is 2.11. The highest BCUT2D eigenvalue weighted by Gasteiger charge is 2.34. The molecule has 2 atom stereocenters. The fourth-order valence-electron chi connectivity index (χ4n) is 0.981. The SMILES string of the molecule is C/C=C/C[C@@H]1O[C@H]1/C=C/CO. The summed E-state index contributed by atoms with van der Waals surface area (Å²) in [6.07, 6.45) is 9.34. The van der Waals surface area contributed by atoms with Crippen LogP contribution in [0.15, 0.2) is 24.3 Å². The predicted molar refractivity (Wildman–Crippen MR) is 44.3 cm³/mol. The zero-order valence-electron chi connectivity index (χ0n) is 6.73. The van der Waals surface area contributed by atoms with Gasteiger partial charge in [-0.15, -0.1) is 0 Å². The predicted octanol–water partition coefficient (Wildman–Crippen LogP) is 1.27. The van der Waals surface area contributed by atoms with Crippen molar-refractivity contribution >= 4 is 0 Å². The van der Waals surface area contributed by atoms with Gasteiger partial charge in [0.05, 0.1) is 12.7 Å². The minimum atomic E-state index is 0.107. The van der Waals surface area contributed by atoms with E-state index in [1.807, 2.05) is 19.1 Å². The van der Waals surface area contributed by atoms with E-state index in [2.05, 4.69) is 6.08 Å². The smallest absolute Gasteiger partial charge is 0.103 e. The molecule has 0 aromatic carbocycles. The summed E-state index contributed by atoms with van der Waals surface area (Å²) in [4.78, 5) is 0. The van der Waals surface area contributed by atoms with Crippen molar-refractivity contribution in [3.05, 3.63) is 24.3 Å². The van der Waals surface area contributed by atoms with Crippen LogP contribution in [0.4, 0.5) is 0 Å². The molecule has 1 aliphatic rings. The Hall–Kier alpha value is -0.600. The summed E-state index contributed by atoms with van der Waals surface area (Å²) in [6, 6.07) is 0. The van der Waals surface area contributed by atoms with E-state index in [9.17, 15) is 0 Å². The molecule has 0 saturated carbocycles. The first-order chi connectivity index (χ1) is 5.38. The Labute approximate surface area is 67.2 Å².